The minimum Gasteiger partial charge on any atom is -0.307 e. The van der Waals surface area contributed by atoms with Gasteiger partial charge in [0, 0.05) is 26.1 Å². The van der Waals surface area contributed by atoms with Crippen molar-refractivity contribution in [3.8, 4) is 5.00 Å². The fourth-order valence-electron chi connectivity index (χ4n) is 3.46. The third-order valence-electron chi connectivity index (χ3n) is 4.90. The first-order valence-electron chi connectivity index (χ1n) is 8.88. The van der Waals surface area contributed by atoms with E-state index in [0.717, 1.165) is 29.5 Å². The zero-order valence-corrected chi connectivity index (χ0v) is 19.1. The van der Waals surface area contributed by atoms with Crippen molar-refractivity contribution in [2.45, 2.75) is 26.8 Å². The lowest BCUT2D eigenvalue weighted by Gasteiger charge is -2.17. The van der Waals surface area contributed by atoms with Gasteiger partial charge in [-0.2, -0.15) is 0 Å². The van der Waals surface area contributed by atoms with E-state index in [1.807, 2.05) is 6.92 Å². The molecule has 7 heteroatoms. The van der Waals surface area contributed by atoms with Gasteiger partial charge >= 0.3 is 0 Å². The van der Waals surface area contributed by atoms with Crippen molar-refractivity contribution in [1.82, 2.24) is 19.7 Å². The minimum atomic E-state index is -0.0604. The third kappa shape index (κ3) is 3.25. The Morgan fingerprint density at radius 2 is 1.81 bits per heavy atom. The van der Waals surface area contributed by atoms with E-state index in [4.69, 9.17) is 4.99 Å². The Hall–Kier alpha value is -1.58. The van der Waals surface area contributed by atoms with Gasteiger partial charge in [0.05, 0.1) is 5.71 Å². The van der Waals surface area contributed by atoms with Crippen LogP contribution in [0.5, 0.6) is 0 Å². The van der Waals surface area contributed by atoms with E-state index in [2.05, 4.69) is 94.5 Å². The van der Waals surface area contributed by atoms with Gasteiger partial charge in [0.15, 0.2) is 5.82 Å². The summed E-state index contributed by atoms with van der Waals surface area (Å²) < 4.78 is 3.43. The highest BCUT2D eigenvalue weighted by molar-refractivity contribution is 14.1. The summed E-state index contributed by atoms with van der Waals surface area (Å²) in [6.45, 7) is 7.18. The van der Waals surface area contributed by atoms with Gasteiger partial charge in [0.25, 0.3) is 0 Å². The zero-order valence-electron chi connectivity index (χ0n) is 16.1. The average Bonchev–Trinajstić information content (AvgIpc) is 3.08. The van der Waals surface area contributed by atoms with Gasteiger partial charge in [-0.25, -0.2) is 0 Å². The molecule has 0 unspecified atom stereocenters. The number of hydrogen-bond acceptors (Lipinski definition) is 5. The van der Waals surface area contributed by atoms with Crippen molar-refractivity contribution in [3.63, 3.8) is 0 Å². The molecule has 0 N–H and O–H groups in total. The predicted molar refractivity (Wildman–Crippen MR) is 120 cm³/mol. The van der Waals surface area contributed by atoms with E-state index in [1.54, 1.807) is 11.3 Å². The van der Waals surface area contributed by atoms with E-state index >= 15 is 0 Å². The van der Waals surface area contributed by atoms with Crippen LogP contribution in [-0.2, 0) is 0 Å². The van der Waals surface area contributed by atoms with Crippen LogP contribution < -0.4 is 0 Å². The van der Waals surface area contributed by atoms with Crippen LogP contribution >= 0.6 is 33.9 Å². The number of hydrogen-bond donors (Lipinski definition) is 0. The Balaban J connectivity index is 2.02. The molecule has 0 radical (unpaired) electrons. The molecule has 140 valence electrons. The first-order chi connectivity index (χ1) is 12.9. The van der Waals surface area contributed by atoms with E-state index in [9.17, 15) is 0 Å². The summed E-state index contributed by atoms with van der Waals surface area (Å²) in [6, 6.07) is 8.56. The topological polar surface area (TPSA) is 46.3 Å². The number of rotatable bonds is 3. The Morgan fingerprint density at radius 1 is 1.11 bits per heavy atom. The second-order valence-electron chi connectivity index (χ2n) is 7.17. The number of nitrogens with zero attached hydrogens (tertiary/aromatic N) is 5. The van der Waals surface area contributed by atoms with E-state index in [1.165, 1.54) is 24.6 Å². The summed E-state index contributed by atoms with van der Waals surface area (Å²) in [5.74, 6) is 1.83. The van der Waals surface area contributed by atoms with Crippen LogP contribution in [0.4, 0.5) is 0 Å². The van der Waals surface area contributed by atoms with Crippen molar-refractivity contribution < 1.29 is 0 Å². The predicted octanol–water partition coefficient (Wildman–Crippen LogP) is 4.31. The molecule has 0 spiro atoms. The molecule has 0 saturated carbocycles. The molecule has 2 aromatic heterocycles. The molecule has 1 atom stereocenters. The van der Waals surface area contributed by atoms with Gasteiger partial charge in [-0.05, 0) is 75.2 Å². The fourth-order valence-corrected chi connectivity index (χ4v) is 5.04. The minimum absolute atomic E-state index is 0.0604. The van der Waals surface area contributed by atoms with Crippen LogP contribution in [0.2, 0.25) is 0 Å². The number of halogens is 1. The summed E-state index contributed by atoms with van der Waals surface area (Å²) in [4.78, 5) is 8.71. The van der Waals surface area contributed by atoms with Crippen LogP contribution in [0.25, 0.3) is 5.00 Å². The second-order valence-corrected chi connectivity index (χ2v) is 9.62. The highest BCUT2D eigenvalue weighted by Crippen LogP contribution is 2.38. The Bertz CT molecular complexity index is 1030. The monoisotopic (exact) mass is 491 g/mol. The molecule has 4 rings (SSSR count). The van der Waals surface area contributed by atoms with E-state index < -0.39 is 0 Å². The third-order valence-corrected chi connectivity index (χ3v) is 6.81. The summed E-state index contributed by atoms with van der Waals surface area (Å²) in [6.07, 6.45) is 0. The second kappa shape index (κ2) is 7.10. The van der Waals surface area contributed by atoms with Crippen molar-refractivity contribution >= 4 is 39.6 Å². The largest absolute Gasteiger partial charge is 0.307 e. The summed E-state index contributed by atoms with van der Waals surface area (Å²) in [5.41, 5.74) is 4.71. The Labute approximate surface area is 177 Å². The van der Waals surface area contributed by atoms with Gasteiger partial charge in [0.1, 0.15) is 16.9 Å². The van der Waals surface area contributed by atoms with Gasteiger partial charge in [0.2, 0.25) is 0 Å². The van der Waals surface area contributed by atoms with Crippen LogP contribution in [0.1, 0.15) is 39.3 Å². The molecular formula is C20H22IN5S. The fraction of sp³-hybridized carbons (Fsp3) is 0.350. The number of benzene rings is 1. The number of thiophene rings is 1. The molecule has 27 heavy (non-hydrogen) atoms. The molecule has 3 heterocycles. The quantitative estimate of drug-likeness (QED) is 0.513. The highest BCUT2D eigenvalue weighted by Gasteiger charge is 2.31. The molecule has 3 aromatic rings. The van der Waals surface area contributed by atoms with Crippen molar-refractivity contribution in [2.75, 3.05) is 20.6 Å². The van der Waals surface area contributed by atoms with E-state index in [0.29, 0.717) is 0 Å². The first kappa shape index (κ1) is 18.8. The average molecular weight is 491 g/mol. The smallest absolute Gasteiger partial charge is 0.164 e. The molecular weight excluding hydrogens is 469 g/mol. The van der Waals surface area contributed by atoms with Crippen LogP contribution in [0.3, 0.4) is 0 Å². The molecule has 0 fully saturated rings. The van der Waals surface area contributed by atoms with Crippen molar-refractivity contribution in [2.24, 2.45) is 4.99 Å². The lowest BCUT2D eigenvalue weighted by atomic mass is 10.00. The van der Waals surface area contributed by atoms with Crippen molar-refractivity contribution in [1.29, 1.82) is 0 Å². The van der Waals surface area contributed by atoms with E-state index in [-0.39, 0.29) is 6.04 Å². The summed E-state index contributed by atoms with van der Waals surface area (Å²) in [7, 11) is 4.15. The molecule has 5 nitrogen and oxygen atoms in total. The van der Waals surface area contributed by atoms with Gasteiger partial charge in [-0.15, -0.1) is 21.5 Å². The number of fused-ring (bicyclic) bond motifs is 3. The number of likely N-dealkylation sites (N-methyl/N-ethyl adjacent to an activating group) is 1. The van der Waals surface area contributed by atoms with Crippen LogP contribution in [0, 0.1) is 24.3 Å². The summed E-state index contributed by atoms with van der Waals surface area (Å²) in [5, 5.41) is 10.1. The lowest BCUT2D eigenvalue weighted by molar-refractivity contribution is 0.370. The maximum absolute atomic E-state index is 5.24. The normalized spacial score (nSPS) is 16.1. The maximum Gasteiger partial charge on any atom is 0.164 e. The SMILES string of the molecule is Cc1sc2c(c1C)C(c1ccc(I)cc1)=N[C@@H](CN(C)C)c1nnc(C)n1-2. The number of aromatic nitrogens is 3. The van der Waals surface area contributed by atoms with Crippen LogP contribution in [0.15, 0.2) is 29.3 Å². The van der Waals surface area contributed by atoms with Crippen molar-refractivity contribution in [3.05, 3.63) is 61.1 Å². The number of aliphatic imine (C=N–C) groups is 1. The Kier molecular flexibility index (Phi) is 4.94. The molecule has 1 aliphatic rings. The summed E-state index contributed by atoms with van der Waals surface area (Å²) >= 11 is 4.14. The molecule has 1 aliphatic heterocycles. The maximum atomic E-state index is 5.24. The van der Waals surface area contributed by atoms with Gasteiger partial charge in [-0.3, -0.25) is 9.56 Å². The zero-order chi connectivity index (χ0) is 19.3. The standard InChI is InChI=1S/C20H22IN5S/c1-11-12(2)27-20-17(11)18(14-6-8-15(21)9-7-14)22-16(10-25(4)5)19-24-23-13(3)26(19)20/h6-9,16H,10H2,1-5H3/t16-/m0/s1. The van der Waals surface area contributed by atoms with Crippen LogP contribution in [-0.4, -0.2) is 46.0 Å². The lowest BCUT2D eigenvalue weighted by Crippen LogP contribution is -2.21. The molecule has 1 aromatic carbocycles. The molecule has 0 bridgehead atoms. The Morgan fingerprint density at radius 3 is 2.48 bits per heavy atom. The highest BCUT2D eigenvalue weighted by atomic mass is 127. The molecule has 0 amide bonds. The number of aryl methyl sites for hydroxylation is 2. The first-order valence-corrected chi connectivity index (χ1v) is 10.8. The molecule has 0 saturated heterocycles. The van der Waals surface area contributed by atoms with Gasteiger partial charge < -0.3 is 4.90 Å². The molecule has 0 aliphatic carbocycles. The van der Waals surface area contributed by atoms with Gasteiger partial charge in [-0.1, -0.05) is 12.1 Å².